The monoisotopic (exact) mass is 252 g/mol. The van der Waals surface area contributed by atoms with Gasteiger partial charge in [0.25, 0.3) is 10.2 Å². The predicted molar refractivity (Wildman–Crippen MR) is 61.3 cm³/mol. The number of carbonyl (C=O) groups is 1. The van der Waals surface area contributed by atoms with Crippen molar-refractivity contribution in [2.24, 2.45) is 0 Å². The van der Waals surface area contributed by atoms with Gasteiger partial charge in [-0.15, -0.1) is 0 Å². The average Bonchev–Trinajstić information content (AvgIpc) is 1.69. The van der Waals surface area contributed by atoms with E-state index in [9.17, 15) is 13.2 Å². The Hall–Kier alpha value is -0.660. The maximum absolute atomic E-state index is 11.6. The molecule has 0 radical (unpaired) electrons. The highest BCUT2D eigenvalue weighted by Crippen LogP contribution is 2.10. The first kappa shape index (κ1) is 15.3. The molecule has 0 aliphatic heterocycles. The van der Waals surface area contributed by atoms with Crippen molar-refractivity contribution < 1.29 is 18.3 Å². The summed E-state index contributed by atoms with van der Waals surface area (Å²) >= 11 is 0. The number of aliphatic carboxylic acids is 1. The second-order valence-corrected chi connectivity index (χ2v) is 6.83. The van der Waals surface area contributed by atoms with Gasteiger partial charge in [-0.3, -0.25) is 4.79 Å². The van der Waals surface area contributed by atoms with Crippen LogP contribution in [0, 0.1) is 0 Å². The van der Waals surface area contributed by atoms with Crippen LogP contribution in [0.2, 0.25) is 0 Å². The van der Waals surface area contributed by atoms with Crippen LogP contribution in [0.4, 0.5) is 0 Å². The average molecular weight is 252 g/mol. The second-order valence-electron chi connectivity index (χ2n) is 5.41. The van der Waals surface area contributed by atoms with E-state index in [-0.39, 0.29) is 6.42 Å². The van der Waals surface area contributed by atoms with Crippen LogP contribution in [-0.4, -0.2) is 30.6 Å². The first-order valence-corrected chi connectivity index (χ1v) is 6.36. The maximum Gasteiger partial charge on any atom is 0.305 e. The van der Waals surface area contributed by atoms with E-state index in [2.05, 4.69) is 9.44 Å². The van der Waals surface area contributed by atoms with Crippen LogP contribution >= 0.6 is 0 Å². The highest BCUT2D eigenvalue weighted by atomic mass is 32.2. The van der Waals surface area contributed by atoms with Gasteiger partial charge in [0.2, 0.25) is 0 Å². The summed E-state index contributed by atoms with van der Waals surface area (Å²) in [6.07, 6.45) is -0.280. The van der Waals surface area contributed by atoms with Crippen molar-refractivity contribution in [1.82, 2.24) is 9.44 Å². The van der Waals surface area contributed by atoms with Gasteiger partial charge in [-0.25, -0.2) is 0 Å². The van der Waals surface area contributed by atoms with E-state index in [1.807, 2.05) is 0 Å². The van der Waals surface area contributed by atoms with Gasteiger partial charge in [0.1, 0.15) is 0 Å². The number of carboxylic acids is 1. The van der Waals surface area contributed by atoms with Crippen LogP contribution in [0.5, 0.6) is 0 Å². The fourth-order valence-corrected chi connectivity index (χ4v) is 2.86. The maximum atomic E-state index is 11.6. The molecule has 0 spiro atoms. The molecule has 0 aromatic heterocycles. The summed E-state index contributed by atoms with van der Waals surface area (Å²) in [6.45, 7) is 8.15. The standard InChI is InChI=1S/C9H20N2O4S/c1-8(2,3)10-16(14,15)11-9(4,5)6-7(12)13/h10-11H,6H2,1-5H3,(H,12,13). The normalized spacial score (nSPS) is 13.8. The van der Waals surface area contributed by atoms with Crippen LogP contribution in [-0.2, 0) is 15.0 Å². The molecule has 0 atom stereocenters. The van der Waals surface area contributed by atoms with Crippen LogP contribution in [0.25, 0.3) is 0 Å². The highest BCUT2D eigenvalue weighted by molar-refractivity contribution is 7.87. The van der Waals surface area contributed by atoms with Crippen molar-refractivity contribution in [2.45, 2.75) is 52.1 Å². The minimum Gasteiger partial charge on any atom is -0.481 e. The van der Waals surface area contributed by atoms with Crippen molar-refractivity contribution in [3.05, 3.63) is 0 Å². The molecule has 0 amide bonds. The number of hydrogen-bond donors (Lipinski definition) is 3. The third kappa shape index (κ3) is 7.61. The Balaban J connectivity index is 4.65. The predicted octanol–water partition coefficient (Wildman–Crippen LogP) is 0.462. The van der Waals surface area contributed by atoms with Gasteiger partial charge in [-0.1, -0.05) is 0 Å². The molecule has 0 heterocycles. The Morgan fingerprint density at radius 2 is 1.56 bits per heavy atom. The SMILES string of the molecule is CC(C)(C)NS(=O)(=O)NC(C)(C)CC(=O)O. The molecule has 0 bridgehead atoms. The Kier molecular flexibility index (Phi) is 4.49. The Morgan fingerprint density at radius 3 is 1.88 bits per heavy atom. The van der Waals surface area contributed by atoms with Crippen molar-refractivity contribution in [3.63, 3.8) is 0 Å². The molecule has 96 valence electrons. The highest BCUT2D eigenvalue weighted by Gasteiger charge is 2.29. The molecule has 16 heavy (non-hydrogen) atoms. The lowest BCUT2D eigenvalue weighted by molar-refractivity contribution is -0.138. The van der Waals surface area contributed by atoms with Crippen LogP contribution in [0.1, 0.15) is 41.0 Å². The minimum absolute atomic E-state index is 0.280. The summed E-state index contributed by atoms with van der Waals surface area (Å²) < 4.78 is 28.0. The van der Waals surface area contributed by atoms with Gasteiger partial charge in [0, 0.05) is 11.1 Å². The lowest BCUT2D eigenvalue weighted by Crippen LogP contribution is -2.54. The number of rotatable bonds is 5. The minimum atomic E-state index is -3.71. The van der Waals surface area contributed by atoms with E-state index in [4.69, 9.17) is 5.11 Å². The zero-order chi connectivity index (χ0) is 13.2. The van der Waals surface area contributed by atoms with E-state index in [1.165, 1.54) is 13.8 Å². The van der Waals surface area contributed by atoms with Crippen molar-refractivity contribution in [1.29, 1.82) is 0 Å². The van der Waals surface area contributed by atoms with Crippen LogP contribution < -0.4 is 9.44 Å². The van der Waals surface area contributed by atoms with Gasteiger partial charge in [-0.2, -0.15) is 17.9 Å². The molecule has 0 aliphatic carbocycles. The summed E-state index contributed by atoms with van der Waals surface area (Å²) in [5, 5.41) is 8.62. The molecule has 6 nitrogen and oxygen atoms in total. The lowest BCUT2D eigenvalue weighted by atomic mass is 10.0. The molecule has 0 rings (SSSR count). The largest absolute Gasteiger partial charge is 0.481 e. The van der Waals surface area contributed by atoms with Crippen molar-refractivity contribution >= 4 is 16.2 Å². The summed E-state index contributed by atoms with van der Waals surface area (Å²) in [5.74, 6) is -1.05. The van der Waals surface area contributed by atoms with Gasteiger partial charge >= 0.3 is 5.97 Å². The summed E-state index contributed by atoms with van der Waals surface area (Å²) in [7, 11) is -3.71. The lowest BCUT2D eigenvalue weighted by Gasteiger charge is -2.27. The first-order valence-electron chi connectivity index (χ1n) is 4.88. The molecule has 0 saturated heterocycles. The second kappa shape index (κ2) is 4.68. The van der Waals surface area contributed by atoms with E-state index >= 15 is 0 Å². The molecular weight excluding hydrogens is 232 g/mol. The van der Waals surface area contributed by atoms with E-state index < -0.39 is 27.3 Å². The smallest absolute Gasteiger partial charge is 0.305 e. The van der Waals surface area contributed by atoms with E-state index in [0.717, 1.165) is 0 Å². The molecule has 7 heteroatoms. The molecule has 0 fully saturated rings. The molecule has 0 aromatic carbocycles. The Morgan fingerprint density at radius 1 is 1.12 bits per heavy atom. The third-order valence-electron chi connectivity index (χ3n) is 1.44. The van der Waals surface area contributed by atoms with Crippen molar-refractivity contribution in [2.75, 3.05) is 0 Å². The van der Waals surface area contributed by atoms with E-state index in [1.54, 1.807) is 20.8 Å². The first-order chi connectivity index (χ1) is 6.83. The van der Waals surface area contributed by atoms with Gasteiger partial charge in [0.15, 0.2) is 0 Å². The Bertz CT molecular complexity index is 354. The summed E-state index contributed by atoms with van der Waals surface area (Å²) in [6, 6.07) is 0. The topological polar surface area (TPSA) is 95.5 Å². The van der Waals surface area contributed by atoms with E-state index in [0.29, 0.717) is 0 Å². The molecule has 3 N–H and O–H groups in total. The molecule has 0 saturated carbocycles. The zero-order valence-electron chi connectivity index (χ0n) is 10.3. The molecule has 0 aliphatic rings. The van der Waals surface area contributed by atoms with Crippen LogP contribution in [0.3, 0.4) is 0 Å². The quantitative estimate of drug-likeness (QED) is 0.662. The van der Waals surface area contributed by atoms with Crippen molar-refractivity contribution in [3.8, 4) is 0 Å². The fourth-order valence-electron chi connectivity index (χ4n) is 1.21. The number of nitrogens with one attached hydrogen (secondary N) is 2. The van der Waals surface area contributed by atoms with Gasteiger partial charge in [0.05, 0.1) is 6.42 Å². The number of hydrogen-bond acceptors (Lipinski definition) is 3. The number of carboxylic acid groups (broad SMARTS) is 1. The fraction of sp³-hybridized carbons (Fsp3) is 0.889. The molecule has 0 aromatic rings. The zero-order valence-corrected chi connectivity index (χ0v) is 11.1. The molecular formula is C9H20N2O4S. The van der Waals surface area contributed by atoms with Gasteiger partial charge < -0.3 is 5.11 Å². The van der Waals surface area contributed by atoms with Gasteiger partial charge in [-0.05, 0) is 34.6 Å². The Labute approximate surface area is 96.6 Å². The molecule has 0 unspecified atom stereocenters. The third-order valence-corrected chi connectivity index (χ3v) is 3.15. The van der Waals surface area contributed by atoms with Crippen LogP contribution in [0.15, 0.2) is 0 Å². The summed E-state index contributed by atoms with van der Waals surface area (Å²) in [5.41, 5.74) is -1.63. The summed E-state index contributed by atoms with van der Waals surface area (Å²) in [4.78, 5) is 10.5.